The van der Waals surface area contributed by atoms with Crippen LogP contribution in [-0.2, 0) is 17.6 Å². The van der Waals surface area contributed by atoms with Crippen LogP contribution in [0.2, 0.25) is 0 Å². The van der Waals surface area contributed by atoms with Crippen molar-refractivity contribution in [1.82, 2.24) is 14.8 Å². The molecule has 1 aliphatic heterocycles. The molecule has 0 saturated carbocycles. The number of ether oxygens (including phenoxy) is 2. The summed E-state index contributed by atoms with van der Waals surface area (Å²) in [5.41, 5.74) is 3.54. The summed E-state index contributed by atoms with van der Waals surface area (Å²) >= 11 is 0. The van der Waals surface area contributed by atoms with E-state index in [1.54, 1.807) is 6.20 Å². The van der Waals surface area contributed by atoms with Gasteiger partial charge in [-0.2, -0.15) is 0 Å². The third-order valence-corrected chi connectivity index (χ3v) is 7.31. The second kappa shape index (κ2) is 15.5. The zero-order chi connectivity index (χ0) is 28.2. The second-order valence-electron chi connectivity index (χ2n) is 10.6. The van der Waals surface area contributed by atoms with Crippen LogP contribution in [0.25, 0.3) is 11.1 Å². The van der Waals surface area contributed by atoms with Gasteiger partial charge in [-0.3, -0.25) is 9.78 Å². The minimum Gasteiger partial charge on any atom is -0.494 e. The fraction of sp³-hybridized carbons (Fsp3) is 0.455. The molecular weight excluding hydrogens is 505 g/mol. The van der Waals surface area contributed by atoms with Crippen molar-refractivity contribution < 1.29 is 18.7 Å². The number of carbonyl (C=O) groups excluding carboxylic acids is 1. The topological polar surface area (TPSA) is 54.9 Å². The van der Waals surface area contributed by atoms with Crippen molar-refractivity contribution >= 4 is 5.78 Å². The number of hydrogen-bond donors (Lipinski definition) is 0. The van der Waals surface area contributed by atoms with Gasteiger partial charge < -0.3 is 19.3 Å². The first-order valence-corrected chi connectivity index (χ1v) is 14.5. The van der Waals surface area contributed by atoms with Gasteiger partial charge in [0.05, 0.1) is 13.2 Å². The standard InChI is InChI=1S/C33H42FN3O3/c1-3-39-32-13-9-27(10-14-32)28-8-11-30(35-25-28)24-31(38)12-7-26-21-29(34)23-33(22-26)40-20-6-4-5-15-37-18-16-36(2)17-19-37/h8-11,13-14,21-23,25H,3-7,12,15-20,24H2,1-2H3. The zero-order valence-electron chi connectivity index (χ0n) is 23.9. The van der Waals surface area contributed by atoms with E-state index >= 15 is 0 Å². The van der Waals surface area contributed by atoms with Gasteiger partial charge in [0.1, 0.15) is 23.1 Å². The Bertz CT molecular complexity index is 1190. The van der Waals surface area contributed by atoms with Crippen molar-refractivity contribution in [3.8, 4) is 22.6 Å². The molecule has 0 unspecified atom stereocenters. The number of halogens is 1. The third kappa shape index (κ3) is 9.72. The smallest absolute Gasteiger partial charge is 0.139 e. The molecule has 1 aromatic heterocycles. The second-order valence-corrected chi connectivity index (χ2v) is 10.6. The molecule has 214 valence electrons. The van der Waals surface area contributed by atoms with Gasteiger partial charge in [0.2, 0.25) is 0 Å². The molecule has 0 radical (unpaired) electrons. The maximum Gasteiger partial charge on any atom is 0.139 e. The number of rotatable bonds is 15. The molecule has 3 aromatic rings. The van der Waals surface area contributed by atoms with Crippen LogP contribution in [0.4, 0.5) is 4.39 Å². The lowest BCUT2D eigenvalue weighted by molar-refractivity contribution is -0.118. The summed E-state index contributed by atoms with van der Waals surface area (Å²) < 4.78 is 25.5. The quantitative estimate of drug-likeness (QED) is 0.223. The first-order valence-electron chi connectivity index (χ1n) is 14.5. The first kappa shape index (κ1) is 29.7. The minimum absolute atomic E-state index is 0.0772. The van der Waals surface area contributed by atoms with Crippen LogP contribution in [0.3, 0.4) is 0 Å². The van der Waals surface area contributed by atoms with E-state index in [1.807, 2.05) is 49.4 Å². The number of nitrogens with zero attached hydrogens (tertiary/aromatic N) is 3. The Balaban J connectivity index is 1.16. The monoisotopic (exact) mass is 547 g/mol. The number of hydrogen-bond acceptors (Lipinski definition) is 6. The molecule has 0 amide bonds. The molecule has 7 heteroatoms. The number of piperazine rings is 1. The molecule has 1 aliphatic rings. The maximum atomic E-state index is 14.2. The number of ketones is 1. The summed E-state index contributed by atoms with van der Waals surface area (Å²) in [5.74, 6) is 1.12. The van der Waals surface area contributed by atoms with Crippen LogP contribution >= 0.6 is 0 Å². The summed E-state index contributed by atoms with van der Waals surface area (Å²) in [6.07, 6.45) is 6.06. The molecule has 0 bridgehead atoms. The molecule has 2 aromatic carbocycles. The van der Waals surface area contributed by atoms with Crippen molar-refractivity contribution in [3.05, 3.63) is 77.9 Å². The summed E-state index contributed by atoms with van der Waals surface area (Å²) in [5, 5.41) is 0. The van der Waals surface area contributed by atoms with E-state index in [2.05, 4.69) is 21.8 Å². The van der Waals surface area contributed by atoms with E-state index in [-0.39, 0.29) is 18.0 Å². The van der Waals surface area contributed by atoms with Crippen LogP contribution in [0.15, 0.2) is 60.8 Å². The Kier molecular flexibility index (Phi) is 11.5. The predicted octanol–water partition coefficient (Wildman–Crippen LogP) is 5.83. The summed E-state index contributed by atoms with van der Waals surface area (Å²) in [4.78, 5) is 22.0. The lowest BCUT2D eigenvalue weighted by atomic mass is 10.0. The van der Waals surface area contributed by atoms with Crippen molar-refractivity contribution in [1.29, 1.82) is 0 Å². The predicted molar refractivity (Wildman–Crippen MR) is 158 cm³/mol. The highest BCUT2D eigenvalue weighted by molar-refractivity contribution is 5.80. The Morgan fingerprint density at radius 3 is 2.40 bits per heavy atom. The van der Waals surface area contributed by atoms with Gasteiger partial charge >= 0.3 is 0 Å². The summed E-state index contributed by atoms with van der Waals surface area (Å²) in [7, 11) is 2.17. The molecule has 6 nitrogen and oxygen atoms in total. The van der Waals surface area contributed by atoms with E-state index in [0.717, 1.165) is 80.1 Å². The number of Topliss-reactive ketones (excluding diaryl/α,β-unsaturated/α-hetero) is 1. The number of aryl methyl sites for hydroxylation is 1. The Morgan fingerprint density at radius 2 is 1.68 bits per heavy atom. The number of unbranched alkanes of at least 4 members (excludes halogenated alkanes) is 2. The summed E-state index contributed by atoms with van der Waals surface area (Å²) in [6.45, 7) is 8.88. The molecule has 0 spiro atoms. The van der Waals surface area contributed by atoms with E-state index in [4.69, 9.17) is 9.47 Å². The average molecular weight is 548 g/mol. The Morgan fingerprint density at radius 1 is 0.900 bits per heavy atom. The van der Waals surface area contributed by atoms with Gasteiger partial charge in [-0.05, 0) is 87.7 Å². The lowest BCUT2D eigenvalue weighted by Gasteiger charge is -2.32. The fourth-order valence-electron chi connectivity index (χ4n) is 4.91. The molecule has 0 N–H and O–H groups in total. The maximum absolute atomic E-state index is 14.2. The van der Waals surface area contributed by atoms with Gasteiger partial charge in [-0.15, -0.1) is 0 Å². The normalized spacial score (nSPS) is 14.3. The van der Waals surface area contributed by atoms with Crippen molar-refractivity contribution in [2.24, 2.45) is 0 Å². The number of carbonyl (C=O) groups is 1. The molecule has 1 saturated heterocycles. The van der Waals surface area contributed by atoms with Crippen LogP contribution in [0.1, 0.15) is 43.9 Å². The SMILES string of the molecule is CCOc1ccc(-c2ccc(CC(=O)CCc3cc(F)cc(OCCCCCN4CCN(C)CC4)c3)nc2)cc1. The average Bonchev–Trinajstić information content (AvgIpc) is 2.96. The molecular formula is C33H42FN3O3. The van der Waals surface area contributed by atoms with E-state index < -0.39 is 0 Å². The minimum atomic E-state index is -0.332. The molecule has 0 aliphatic carbocycles. The van der Waals surface area contributed by atoms with E-state index in [9.17, 15) is 9.18 Å². The van der Waals surface area contributed by atoms with E-state index in [1.165, 1.54) is 12.1 Å². The van der Waals surface area contributed by atoms with Crippen LogP contribution < -0.4 is 9.47 Å². The first-order chi connectivity index (χ1) is 19.5. The van der Waals surface area contributed by atoms with Crippen LogP contribution in [0, 0.1) is 5.82 Å². The van der Waals surface area contributed by atoms with Crippen LogP contribution in [0.5, 0.6) is 11.5 Å². The number of benzene rings is 2. The van der Waals surface area contributed by atoms with Crippen molar-refractivity contribution in [3.63, 3.8) is 0 Å². The number of aromatic nitrogens is 1. The number of likely N-dealkylation sites (N-methyl/N-ethyl adjacent to an activating group) is 1. The lowest BCUT2D eigenvalue weighted by Crippen LogP contribution is -2.44. The molecule has 0 atom stereocenters. The van der Waals surface area contributed by atoms with Gasteiger partial charge in [0.25, 0.3) is 0 Å². The van der Waals surface area contributed by atoms with Gasteiger partial charge in [-0.1, -0.05) is 18.2 Å². The number of pyridine rings is 1. The van der Waals surface area contributed by atoms with Crippen LogP contribution in [-0.4, -0.2) is 73.6 Å². The Hall–Kier alpha value is -3.29. The highest BCUT2D eigenvalue weighted by Crippen LogP contribution is 2.23. The molecule has 1 fully saturated rings. The summed E-state index contributed by atoms with van der Waals surface area (Å²) in [6, 6.07) is 16.5. The Labute approximate surface area is 238 Å². The van der Waals surface area contributed by atoms with Gasteiger partial charge in [0.15, 0.2) is 0 Å². The van der Waals surface area contributed by atoms with Crippen molar-refractivity contribution in [2.45, 2.75) is 45.4 Å². The van der Waals surface area contributed by atoms with E-state index in [0.29, 0.717) is 31.8 Å². The van der Waals surface area contributed by atoms with Gasteiger partial charge in [-0.25, -0.2) is 4.39 Å². The van der Waals surface area contributed by atoms with Crippen molar-refractivity contribution in [2.75, 3.05) is 53.0 Å². The molecule has 4 rings (SSSR count). The largest absolute Gasteiger partial charge is 0.494 e. The molecule has 2 heterocycles. The third-order valence-electron chi connectivity index (χ3n) is 7.31. The fourth-order valence-corrected chi connectivity index (χ4v) is 4.91. The zero-order valence-corrected chi connectivity index (χ0v) is 23.9. The molecule has 40 heavy (non-hydrogen) atoms. The highest BCUT2D eigenvalue weighted by Gasteiger charge is 2.13. The highest BCUT2D eigenvalue weighted by atomic mass is 19.1. The van der Waals surface area contributed by atoms with Gasteiger partial charge in [0, 0.05) is 62.5 Å².